The summed E-state index contributed by atoms with van der Waals surface area (Å²) in [6, 6.07) is 21.4. The van der Waals surface area contributed by atoms with Crippen LogP contribution >= 0.6 is 69.6 Å². The zero-order valence-electron chi connectivity index (χ0n) is 30.2. The molecule has 0 fully saturated rings. The third-order valence-electron chi connectivity index (χ3n) is 9.26. The van der Waals surface area contributed by atoms with Crippen LogP contribution in [0.5, 0.6) is 0 Å². The molecule has 0 aromatic heterocycles. The summed E-state index contributed by atoms with van der Waals surface area (Å²) in [6.07, 6.45) is 3.24. The van der Waals surface area contributed by atoms with Crippen LogP contribution in [-0.2, 0) is 15.6 Å². The fourth-order valence-corrected chi connectivity index (χ4v) is 7.77. The van der Waals surface area contributed by atoms with Crippen molar-refractivity contribution < 1.29 is 43.8 Å². The van der Waals surface area contributed by atoms with E-state index in [9.17, 15) is 9.59 Å². The van der Waals surface area contributed by atoms with Gasteiger partial charge in [0, 0.05) is 68.3 Å². The summed E-state index contributed by atoms with van der Waals surface area (Å²) in [4.78, 5) is 32.6. The first-order valence-electron chi connectivity index (χ1n) is 16.6. The van der Waals surface area contributed by atoms with E-state index in [2.05, 4.69) is 18.8 Å². The van der Waals surface area contributed by atoms with Crippen molar-refractivity contribution in [2.75, 3.05) is 19.7 Å². The number of aliphatic imine (C=N–C) groups is 2. The van der Waals surface area contributed by atoms with Crippen molar-refractivity contribution in [3.63, 3.8) is 0 Å². The van der Waals surface area contributed by atoms with E-state index >= 15 is 0 Å². The third kappa shape index (κ3) is 11.1. The number of nitrogens with zero attached hydrogens (tertiary/aromatic N) is 2. The van der Waals surface area contributed by atoms with Crippen LogP contribution in [0.4, 0.5) is 0 Å². The molecule has 4 aromatic rings. The Labute approximate surface area is 357 Å². The summed E-state index contributed by atoms with van der Waals surface area (Å²) >= 11 is 37.0. The van der Waals surface area contributed by atoms with Gasteiger partial charge in [-0.1, -0.05) is 109 Å². The number of carboxylic acids is 1. The number of benzene rings is 4. The Morgan fingerprint density at radius 2 is 1.09 bits per heavy atom. The minimum Gasteiger partial charge on any atom is -0.870 e. The van der Waals surface area contributed by atoms with E-state index in [-0.39, 0.29) is 45.8 Å². The van der Waals surface area contributed by atoms with Gasteiger partial charge in [0.2, 0.25) is 0 Å². The second-order valence-electron chi connectivity index (χ2n) is 13.5. The summed E-state index contributed by atoms with van der Waals surface area (Å²) in [7, 11) is 0. The van der Waals surface area contributed by atoms with Crippen molar-refractivity contribution in [1.29, 1.82) is 0 Å². The van der Waals surface area contributed by atoms with Gasteiger partial charge in [0.25, 0.3) is 0 Å². The number of ether oxygens (including phenoxy) is 1. The Morgan fingerprint density at radius 1 is 0.685 bits per heavy atom. The molecule has 2 aliphatic heterocycles. The number of carbonyl (C=O) groups is 2. The average molecular weight is 845 g/mol. The quantitative estimate of drug-likeness (QED) is 0.103. The van der Waals surface area contributed by atoms with Crippen LogP contribution in [0.1, 0.15) is 89.4 Å². The molecule has 0 aliphatic carbocycles. The minimum atomic E-state index is -1.04. The van der Waals surface area contributed by atoms with Gasteiger partial charge in [-0.2, -0.15) is 0 Å². The largest absolute Gasteiger partial charge is 1.00 e. The van der Waals surface area contributed by atoms with E-state index in [1.807, 2.05) is 37.3 Å². The van der Waals surface area contributed by atoms with E-state index in [0.717, 1.165) is 52.9 Å². The van der Waals surface area contributed by atoms with Gasteiger partial charge in [-0.15, -0.1) is 0 Å². The second-order valence-corrected chi connectivity index (χ2v) is 16.1. The summed E-state index contributed by atoms with van der Waals surface area (Å²) in [5.74, 6) is -1.44. The molecule has 0 radical (unpaired) electrons. The predicted octanol–water partition coefficient (Wildman–Crippen LogP) is 9.08. The summed E-state index contributed by atoms with van der Waals surface area (Å²) in [5.41, 5.74) is 5.76. The van der Waals surface area contributed by atoms with Crippen LogP contribution in [0, 0.1) is 0 Å². The molecule has 7 nitrogen and oxygen atoms in total. The molecule has 0 saturated heterocycles. The monoisotopic (exact) mass is 842 g/mol. The molecule has 14 heteroatoms. The minimum absolute atomic E-state index is 0. The Hall–Kier alpha value is -2.54. The summed E-state index contributed by atoms with van der Waals surface area (Å²) in [5, 5.41) is 12.1. The molecule has 2 atom stereocenters. The third-order valence-corrected chi connectivity index (χ3v) is 10.8. The number of unbranched alkanes of at least 4 members (excludes halogenated alkanes) is 1. The molecule has 0 spiro atoms. The zero-order valence-corrected chi connectivity index (χ0v) is 34.7. The van der Waals surface area contributed by atoms with Crippen LogP contribution in [0.2, 0.25) is 30.1 Å². The normalized spacial score (nSPS) is 18.7. The molecule has 2 N–H and O–H groups in total. The van der Waals surface area contributed by atoms with Gasteiger partial charge in [0.05, 0.1) is 27.8 Å². The maximum absolute atomic E-state index is 12.2. The number of carboxylic acid groups (broad SMARTS) is 1. The van der Waals surface area contributed by atoms with E-state index in [0.29, 0.717) is 56.8 Å². The molecule has 6 rings (SSSR count). The van der Waals surface area contributed by atoms with E-state index in [1.54, 1.807) is 36.4 Å². The molecule has 280 valence electrons. The van der Waals surface area contributed by atoms with Crippen LogP contribution in [0.25, 0.3) is 0 Å². The SMILES string of the molecule is CC1(c2cc(Cl)cc(Cl)c2)CN=C(c2ccc(C(=O)O)c(Cl)c2)C1.CCCCOC(=O)c1ccc(C2=NCC(C)(c3cc(Cl)cc(Cl)c3)C2)cc1Cl.[Li+].[OH-]. The smallest absolute Gasteiger partial charge is 0.870 e. The molecule has 0 saturated carbocycles. The molecule has 0 bridgehead atoms. The number of aromatic carboxylic acids is 1. The van der Waals surface area contributed by atoms with Gasteiger partial charge < -0.3 is 15.3 Å². The molecular weight excluding hydrogens is 808 g/mol. The number of rotatable bonds is 9. The predicted molar refractivity (Wildman–Crippen MR) is 217 cm³/mol. The molecular formula is C40H37Cl6LiN2O5. The maximum Gasteiger partial charge on any atom is 1.00 e. The summed E-state index contributed by atoms with van der Waals surface area (Å²) < 4.78 is 5.25. The first-order valence-corrected chi connectivity index (χ1v) is 18.9. The number of esters is 1. The van der Waals surface area contributed by atoms with Gasteiger partial charge in [0.1, 0.15) is 0 Å². The second kappa shape index (κ2) is 19.5. The average Bonchev–Trinajstić information content (AvgIpc) is 3.69. The number of carbonyl (C=O) groups excluding carboxylic acids is 1. The summed E-state index contributed by atoms with van der Waals surface area (Å²) in [6.45, 7) is 7.95. The van der Waals surface area contributed by atoms with Gasteiger partial charge >= 0.3 is 30.8 Å². The fraction of sp³-hybridized carbons (Fsp3) is 0.300. The van der Waals surface area contributed by atoms with Gasteiger partial charge in [-0.25, -0.2) is 9.59 Å². The maximum atomic E-state index is 12.2. The molecule has 4 aromatic carbocycles. The van der Waals surface area contributed by atoms with Crippen molar-refractivity contribution in [3.05, 3.63) is 136 Å². The topological polar surface area (TPSA) is 118 Å². The van der Waals surface area contributed by atoms with Crippen molar-refractivity contribution in [3.8, 4) is 0 Å². The number of halogens is 6. The van der Waals surface area contributed by atoms with Gasteiger partial charge in [-0.3, -0.25) is 9.98 Å². The molecule has 2 aliphatic rings. The van der Waals surface area contributed by atoms with Gasteiger partial charge in [-0.05, 0) is 89.3 Å². The van der Waals surface area contributed by atoms with Crippen LogP contribution in [0.15, 0.2) is 82.8 Å². The van der Waals surface area contributed by atoms with Crippen molar-refractivity contribution in [2.24, 2.45) is 9.98 Å². The molecule has 2 unspecified atom stereocenters. The Kier molecular flexibility index (Phi) is 16.6. The first-order chi connectivity index (χ1) is 24.6. The van der Waals surface area contributed by atoms with Crippen LogP contribution in [-0.4, -0.2) is 53.6 Å². The van der Waals surface area contributed by atoms with Crippen molar-refractivity contribution in [2.45, 2.75) is 57.3 Å². The molecule has 0 amide bonds. The van der Waals surface area contributed by atoms with Crippen molar-refractivity contribution in [1.82, 2.24) is 0 Å². The fourth-order valence-electron chi connectivity index (χ4n) is 6.20. The van der Waals surface area contributed by atoms with E-state index in [4.69, 9.17) is 84.4 Å². The van der Waals surface area contributed by atoms with E-state index < -0.39 is 11.9 Å². The van der Waals surface area contributed by atoms with Crippen LogP contribution < -0.4 is 18.9 Å². The molecule has 54 heavy (non-hydrogen) atoms. The Bertz CT molecular complexity index is 2050. The van der Waals surface area contributed by atoms with E-state index in [1.165, 1.54) is 6.07 Å². The Balaban J connectivity index is 0.000000283. The zero-order chi connectivity index (χ0) is 37.8. The Morgan fingerprint density at radius 3 is 1.46 bits per heavy atom. The standard InChI is InChI=1S/C22H22Cl3NO2.C18H14Cl3NO2.Li.H2O/c1-3-4-7-28-21(27)18-6-5-14(8-19(18)25)20-12-22(2,13-26-20)15-9-16(23)11-17(24)10-15;1-18(11-5-12(19)7-13(20)6-11)8-16(22-9-18)10-2-3-14(17(23)24)15(21)4-10;;/h5-6,8-11H,3-4,7,12-13H2,1-2H3;2-7H,8-9H2,1H3,(H,23,24);;1H2/q;;+1;/p-1. The van der Waals surface area contributed by atoms with Gasteiger partial charge in [0.15, 0.2) is 0 Å². The van der Waals surface area contributed by atoms with Crippen LogP contribution in [0.3, 0.4) is 0 Å². The number of hydrogen-bond acceptors (Lipinski definition) is 6. The first kappa shape index (κ1) is 45.8. The molecule has 2 heterocycles. The number of hydrogen-bond donors (Lipinski definition) is 1. The van der Waals surface area contributed by atoms with Crippen molar-refractivity contribution >= 4 is 93.0 Å².